The van der Waals surface area contributed by atoms with Crippen molar-refractivity contribution in [2.45, 2.75) is 0 Å². The minimum absolute atomic E-state index is 0.0635. The molecule has 2 aromatic rings. The van der Waals surface area contributed by atoms with E-state index < -0.39 is 11.8 Å². The first kappa shape index (κ1) is 13.6. The number of rotatable bonds is 2. The number of carbonyl (C=O) groups excluding carboxylic acids is 2. The number of hydrazine groups is 1. The maximum absolute atomic E-state index is 12.4. The van der Waals surface area contributed by atoms with Crippen molar-refractivity contribution in [3.8, 4) is 6.07 Å². The predicted molar refractivity (Wildman–Crippen MR) is 81.2 cm³/mol. The average Bonchev–Trinajstić information content (AvgIpc) is 2.84. The number of anilines is 1. The van der Waals surface area contributed by atoms with Crippen molar-refractivity contribution < 1.29 is 9.59 Å². The molecule has 1 aliphatic heterocycles. The Hall–Kier alpha value is -3.39. The summed E-state index contributed by atoms with van der Waals surface area (Å²) in [5, 5.41) is 9.99. The van der Waals surface area contributed by atoms with Crippen LogP contribution >= 0.6 is 0 Å². The highest BCUT2D eigenvalue weighted by atomic mass is 16.2. The third-order valence-electron chi connectivity index (χ3n) is 3.26. The minimum Gasteiger partial charge on any atom is -0.267 e. The van der Waals surface area contributed by atoms with E-state index in [4.69, 9.17) is 5.26 Å². The molecule has 106 valence electrons. The lowest BCUT2D eigenvalue weighted by Gasteiger charge is -2.13. The number of hydrogen-bond acceptors (Lipinski definition) is 3. The normalized spacial score (nSPS) is 15.8. The summed E-state index contributed by atoms with van der Waals surface area (Å²) in [4.78, 5) is 24.4. The van der Waals surface area contributed by atoms with Crippen LogP contribution in [0.1, 0.15) is 11.1 Å². The van der Waals surface area contributed by atoms with Crippen LogP contribution in [-0.4, -0.2) is 11.8 Å². The molecule has 1 saturated heterocycles. The molecule has 1 heterocycles. The highest BCUT2D eigenvalue weighted by Crippen LogP contribution is 2.21. The molecule has 1 aliphatic rings. The Balaban J connectivity index is 1.91. The Labute approximate surface area is 127 Å². The van der Waals surface area contributed by atoms with Crippen LogP contribution in [0.25, 0.3) is 6.08 Å². The van der Waals surface area contributed by atoms with E-state index in [1.807, 2.05) is 12.1 Å². The van der Waals surface area contributed by atoms with Crippen molar-refractivity contribution in [3.63, 3.8) is 0 Å². The molecular formula is C17H11N3O2. The Kier molecular flexibility index (Phi) is 3.42. The largest absolute Gasteiger partial charge is 0.282 e. The zero-order chi connectivity index (χ0) is 15.5. The molecule has 0 unspecified atom stereocenters. The molecule has 1 N–H and O–H groups in total. The number of nitrogens with one attached hydrogen (secondary N) is 1. The van der Waals surface area contributed by atoms with E-state index >= 15 is 0 Å². The van der Waals surface area contributed by atoms with E-state index in [0.29, 0.717) is 16.8 Å². The summed E-state index contributed by atoms with van der Waals surface area (Å²) in [7, 11) is 0. The number of nitrogens with zero attached hydrogens (tertiary/aromatic N) is 2. The maximum Gasteiger partial charge on any atom is 0.282 e. The summed E-state index contributed by atoms with van der Waals surface area (Å²) in [6, 6.07) is 17.6. The van der Waals surface area contributed by atoms with Crippen LogP contribution in [0.5, 0.6) is 0 Å². The molecule has 0 aromatic heterocycles. The SMILES string of the molecule is N#Cc1ccc(/C=C2/C(=O)NN(c3ccccc3)C2=O)cc1. The second-order valence-electron chi connectivity index (χ2n) is 4.71. The van der Waals surface area contributed by atoms with Gasteiger partial charge in [0.25, 0.3) is 11.8 Å². The molecule has 22 heavy (non-hydrogen) atoms. The van der Waals surface area contributed by atoms with E-state index in [-0.39, 0.29) is 5.57 Å². The van der Waals surface area contributed by atoms with Gasteiger partial charge >= 0.3 is 0 Å². The summed E-state index contributed by atoms with van der Waals surface area (Å²) in [6.45, 7) is 0. The Morgan fingerprint density at radius 1 is 1.00 bits per heavy atom. The molecule has 5 heteroatoms. The van der Waals surface area contributed by atoms with Crippen molar-refractivity contribution in [1.29, 1.82) is 5.26 Å². The lowest BCUT2D eigenvalue weighted by atomic mass is 10.1. The summed E-state index contributed by atoms with van der Waals surface area (Å²) < 4.78 is 0. The van der Waals surface area contributed by atoms with Gasteiger partial charge in [0.2, 0.25) is 0 Å². The van der Waals surface area contributed by atoms with Crippen LogP contribution < -0.4 is 10.4 Å². The molecule has 0 bridgehead atoms. The molecular weight excluding hydrogens is 278 g/mol. The lowest BCUT2D eigenvalue weighted by molar-refractivity contribution is -0.117. The van der Waals surface area contributed by atoms with Gasteiger partial charge in [-0.15, -0.1) is 0 Å². The van der Waals surface area contributed by atoms with Gasteiger partial charge in [-0.2, -0.15) is 5.26 Å². The number of hydrogen-bond donors (Lipinski definition) is 1. The van der Waals surface area contributed by atoms with Crippen molar-refractivity contribution in [1.82, 2.24) is 5.43 Å². The van der Waals surface area contributed by atoms with Gasteiger partial charge in [0.1, 0.15) is 5.57 Å². The molecule has 2 aromatic carbocycles. The van der Waals surface area contributed by atoms with Crippen molar-refractivity contribution in [3.05, 3.63) is 71.3 Å². The molecule has 0 aliphatic carbocycles. The molecule has 0 radical (unpaired) electrons. The lowest BCUT2D eigenvalue weighted by Crippen LogP contribution is -2.35. The van der Waals surface area contributed by atoms with Crippen molar-refractivity contribution in [2.75, 3.05) is 5.01 Å². The summed E-state index contributed by atoms with van der Waals surface area (Å²) in [6.07, 6.45) is 1.52. The van der Waals surface area contributed by atoms with E-state index in [9.17, 15) is 9.59 Å². The molecule has 0 atom stereocenters. The van der Waals surface area contributed by atoms with E-state index in [2.05, 4.69) is 5.43 Å². The van der Waals surface area contributed by atoms with Gasteiger partial charge in [0.05, 0.1) is 17.3 Å². The van der Waals surface area contributed by atoms with Crippen molar-refractivity contribution >= 4 is 23.6 Å². The fourth-order valence-corrected chi connectivity index (χ4v) is 2.14. The topological polar surface area (TPSA) is 73.2 Å². The van der Waals surface area contributed by atoms with Crippen molar-refractivity contribution in [2.24, 2.45) is 0 Å². The molecule has 0 saturated carbocycles. The molecule has 0 spiro atoms. The van der Waals surface area contributed by atoms with Gasteiger partial charge in [0, 0.05) is 0 Å². The fourth-order valence-electron chi connectivity index (χ4n) is 2.14. The van der Waals surface area contributed by atoms with Gasteiger partial charge in [-0.25, -0.2) is 5.01 Å². The van der Waals surface area contributed by atoms with E-state index in [1.165, 1.54) is 11.1 Å². The third kappa shape index (κ3) is 2.45. The molecule has 3 rings (SSSR count). The zero-order valence-electron chi connectivity index (χ0n) is 11.5. The Bertz CT molecular complexity index is 802. The monoisotopic (exact) mass is 289 g/mol. The average molecular weight is 289 g/mol. The van der Waals surface area contributed by atoms with Gasteiger partial charge in [-0.3, -0.25) is 15.0 Å². The van der Waals surface area contributed by atoms with Gasteiger partial charge in [-0.05, 0) is 35.9 Å². The molecule has 1 fully saturated rings. The number of benzene rings is 2. The van der Waals surface area contributed by atoms with E-state index in [0.717, 1.165) is 0 Å². The van der Waals surface area contributed by atoms with Crippen LogP contribution in [0.2, 0.25) is 0 Å². The maximum atomic E-state index is 12.4. The highest BCUT2D eigenvalue weighted by molar-refractivity contribution is 6.31. The standard InChI is InChI=1S/C17H11N3O2/c18-11-13-8-6-12(7-9-13)10-15-16(21)19-20(17(15)22)14-4-2-1-3-5-14/h1-10H,(H,19,21)/b15-10-. The number of para-hydroxylation sites is 1. The van der Waals surface area contributed by atoms with Crippen LogP contribution in [0.15, 0.2) is 60.2 Å². The van der Waals surface area contributed by atoms with Gasteiger partial charge < -0.3 is 0 Å². The summed E-state index contributed by atoms with van der Waals surface area (Å²) in [5.41, 5.74) is 4.41. The Morgan fingerprint density at radius 3 is 2.32 bits per heavy atom. The van der Waals surface area contributed by atoms with Crippen LogP contribution in [0.4, 0.5) is 5.69 Å². The number of amides is 2. The first-order chi connectivity index (χ1) is 10.7. The van der Waals surface area contributed by atoms with Gasteiger partial charge in [0.15, 0.2) is 0 Å². The predicted octanol–water partition coefficient (Wildman–Crippen LogP) is 2.02. The van der Waals surface area contributed by atoms with Gasteiger partial charge in [-0.1, -0.05) is 30.3 Å². The zero-order valence-corrected chi connectivity index (χ0v) is 11.5. The molecule has 2 amide bonds. The first-order valence-corrected chi connectivity index (χ1v) is 6.61. The quantitative estimate of drug-likeness (QED) is 0.679. The minimum atomic E-state index is -0.446. The fraction of sp³-hybridized carbons (Fsp3) is 0. The number of nitriles is 1. The molecule has 5 nitrogen and oxygen atoms in total. The van der Waals surface area contributed by atoms with E-state index in [1.54, 1.807) is 48.5 Å². The Morgan fingerprint density at radius 2 is 1.68 bits per heavy atom. The third-order valence-corrected chi connectivity index (χ3v) is 3.26. The number of carbonyl (C=O) groups is 2. The second kappa shape index (κ2) is 5.54. The van der Waals surface area contributed by atoms with Crippen LogP contribution in [-0.2, 0) is 9.59 Å². The highest BCUT2D eigenvalue weighted by Gasteiger charge is 2.34. The van der Waals surface area contributed by atoms with Crippen LogP contribution in [0, 0.1) is 11.3 Å². The smallest absolute Gasteiger partial charge is 0.267 e. The second-order valence-corrected chi connectivity index (χ2v) is 4.71. The summed E-state index contributed by atoms with van der Waals surface area (Å²) in [5.74, 6) is -0.848. The van der Waals surface area contributed by atoms with Crippen LogP contribution in [0.3, 0.4) is 0 Å². The first-order valence-electron chi connectivity index (χ1n) is 6.61. The summed E-state index contributed by atoms with van der Waals surface area (Å²) >= 11 is 0.